The number of nitrogens with zero attached hydrogens (tertiary/aromatic N) is 1. The highest BCUT2D eigenvalue weighted by molar-refractivity contribution is 4.94. The van der Waals surface area contributed by atoms with Gasteiger partial charge in [0, 0.05) is 13.7 Å². The normalized spacial score (nSPS) is 19.3. The van der Waals surface area contributed by atoms with Crippen molar-refractivity contribution in [3.8, 4) is 6.07 Å². The van der Waals surface area contributed by atoms with Crippen LogP contribution in [0.25, 0.3) is 0 Å². The van der Waals surface area contributed by atoms with E-state index >= 15 is 0 Å². The minimum Gasteiger partial charge on any atom is -0.377 e. The molecule has 0 aromatic carbocycles. The van der Waals surface area contributed by atoms with Gasteiger partial charge in [-0.05, 0) is 46.1 Å². The Labute approximate surface area is 92.8 Å². The van der Waals surface area contributed by atoms with E-state index in [4.69, 9.17) is 10.00 Å². The highest BCUT2D eigenvalue weighted by Gasteiger charge is 2.36. The van der Waals surface area contributed by atoms with Crippen LogP contribution < -0.4 is 5.32 Å². The summed E-state index contributed by atoms with van der Waals surface area (Å²) in [6, 6.07) is 2.31. The molecule has 1 aliphatic rings. The molecule has 1 fully saturated rings. The lowest BCUT2D eigenvalue weighted by Crippen LogP contribution is -2.48. The van der Waals surface area contributed by atoms with Gasteiger partial charge in [-0.25, -0.2) is 0 Å². The highest BCUT2D eigenvalue weighted by Crippen LogP contribution is 2.34. The van der Waals surface area contributed by atoms with E-state index in [-0.39, 0.29) is 11.0 Å². The lowest BCUT2D eigenvalue weighted by molar-refractivity contribution is -0.0694. The van der Waals surface area contributed by atoms with Gasteiger partial charge in [-0.1, -0.05) is 0 Å². The predicted molar refractivity (Wildman–Crippen MR) is 60.5 cm³/mol. The minimum atomic E-state index is -0.215. The van der Waals surface area contributed by atoms with E-state index in [1.807, 2.05) is 13.8 Å². The Morgan fingerprint density at radius 2 is 2.13 bits per heavy atom. The second kappa shape index (κ2) is 4.96. The molecule has 3 nitrogen and oxygen atoms in total. The Hall–Kier alpha value is -0.590. The van der Waals surface area contributed by atoms with Crippen LogP contribution in [0.4, 0.5) is 0 Å². The van der Waals surface area contributed by atoms with Crippen molar-refractivity contribution < 1.29 is 4.74 Å². The number of nitrogens with one attached hydrogen (secondary N) is 1. The highest BCUT2D eigenvalue weighted by atomic mass is 16.5. The number of ether oxygens (including phenoxy) is 1. The summed E-state index contributed by atoms with van der Waals surface area (Å²) in [7, 11) is 1.79. The van der Waals surface area contributed by atoms with Gasteiger partial charge in [-0.3, -0.25) is 0 Å². The Bertz CT molecular complexity index is 233. The third-order valence-electron chi connectivity index (χ3n) is 3.37. The van der Waals surface area contributed by atoms with E-state index in [0.717, 1.165) is 32.4 Å². The molecule has 0 radical (unpaired) electrons. The molecule has 0 aromatic heterocycles. The molecule has 0 atom stereocenters. The Morgan fingerprint density at radius 1 is 1.47 bits per heavy atom. The fourth-order valence-corrected chi connectivity index (χ4v) is 1.80. The fraction of sp³-hybridized carbons (Fsp3) is 0.917. The quantitative estimate of drug-likeness (QED) is 0.683. The topological polar surface area (TPSA) is 45.0 Å². The van der Waals surface area contributed by atoms with Crippen molar-refractivity contribution >= 4 is 0 Å². The van der Waals surface area contributed by atoms with Crippen molar-refractivity contribution in [3.05, 3.63) is 0 Å². The van der Waals surface area contributed by atoms with E-state index in [1.165, 1.54) is 6.42 Å². The molecule has 1 saturated carbocycles. The van der Waals surface area contributed by atoms with Gasteiger partial charge in [0.25, 0.3) is 0 Å². The van der Waals surface area contributed by atoms with Gasteiger partial charge < -0.3 is 10.1 Å². The molecule has 0 bridgehead atoms. The molecule has 0 heterocycles. The summed E-state index contributed by atoms with van der Waals surface area (Å²) < 4.78 is 5.50. The number of hydrogen-bond acceptors (Lipinski definition) is 3. The van der Waals surface area contributed by atoms with E-state index < -0.39 is 0 Å². The van der Waals surface area contributed by atoms with E-state index in [0.29, 0.717) is 0 Å². The Kier molecular flexibility index (Phi) is 4.12. The fourth-order valence-electron chi connectivity index (χ4n) is 1.80. The van der Waals surface area contributed by atoms with E-state index in [1.54, 1.807) is 7.11 Å². The summed E-state index contributed by atoms with van der Waals surface area (Å²) >= 11 is 0. The average molecular weight is 210 g/mol. The SMILES string of the molecule is COC1(CNCCC(C)(C)C#N)CCC1. The predicted octanol–water partition coefficient (Wildman–Crippen LogP) is 2.08. The third kappa shape index (κ3) is 3.48. The van der Waals surface area contributed by atoms with E-state index in [9.17, 15) is 0 Å². The largest absolute Gasteiger partial charge is 0.377 e. The molecule has 15 heavy (non-hydrogen) atoms. The second-order valence-corrected chi connectivity index (χ2v) is 5.16. The van der Waals surface area contributed by atoms with Crippen molar-refractivity contribution in [2.45, 2.75) is 45.1 Å². The van der Waals surface area contributed by atoms with Gasteiger partial charge in [-0.15, -0.1) is 0 Å². The average Bonchev–Trinajstić information content (AvgIpc) is 2.16. The first-order valence-electron chi connectivity index (χ1n) is 5.71. The molecule has 0 aromatic rings. The maximum absolute atomic E-state index is 8.85. The zero-order valence-electron chi connectivity index (χ0n) is 10.1. The maximum atomic E-state index is 8.85. The van der Waals surface area contributed by atoms with Gasteiger partial charge in [0.1, 0.15) is 0 Å². The first-order valence-corrected chi connectivity index (χ1v) is 5.71. The third-order valence-corrected chi connectivity index (χ3v) is 3.37. The van der Waals surface area contributed by atoms with Crippen LogP contribution in [-0.2, 0) is 4.74 Å². The summed E-state index contributed by atoms with van der Waals surface area (Å²) in [6.45, 7) is 5.77. The Morgan fingerprint density at radius 3 is 2.53 bits per heavy atom. The second-order valence-electron chi connectivity index (χ2n) is 5.16. The lowest BCUT2D eigenvalue weighted by atomic mass is 9.80. The van der Waals surface area contributed by atoms with Crippen LogP contribution in [0.15, 0.2) is 0 Å². The van der Waals surface area contributed by atoms with E-state index in [2.05, 4.69) is 11.4 Å². The summed E-state index contributed by atoms with van der Waals surface area (Å²) in [4.78, 5) is 0. The molecule has 86 valence electrons. The van der Waals surface area contributed by atoms with Crippen molar-refractivity contribution in [1.29, 1.82) is 5.26 Å². The number of nitriles is 1. The van der Waals surface area contributed by atoms with Crippen LogP contribution >= 0.6 is 0 Å². The number of methoxy groups -OCH3 is 1. The van der Waals surface area contributed by atoms with Crippen LogP contribution in [0.1, 0.15) is 39.5 Å². The van der Waals surface area contributed by atoms with Crippen LogP contribution in [-0.4, -0.2) is 25.8 Å². The Balaban J connectivity index is 2.14. The standard InChI is InChI=1S/C12H22N2O/c1-11(2,9-13)7-8-14-10-12(15-3)5-4-6-12/h14H,4-8,10H2,1-3H3. The molecule has 3 heteroatoms. The zero-order chi connectivity index (χ0) is 11.4. The number of rotatable bonds is 6. The minimum absolute atomic E-state index is 0.0940. The molecule has 0 unspecified atom stereocenters. The van der Waals surface area contributed by atoms with Gasteiger partial charge in [-0.2, -0.15) is 5.26 Å². The van der Waals surface area contributed by atoms with Crippen LogP contribution in [0.3, 0.4) is 0 Å². The molecule has 0 spiro atoms. The monoisotopic (exact) mass is 210 g/mol. The first kappa shape index (κ1) is 12.5. The molecule has 0 saturated heterocycles. The van der Waals surface area contributed by atoms with Crippen LogP contribution in [0.2, 0.25) is 0 Å². The zero-order valence-corrected chi connectivity index (χ0v) is 10.1. The van der Waals surface area contributed by atoms with Crippen molar-refractivity contribution in [1.82, 2.24) is 5.32 Å². The van der Waals surface area contributed by atoms with Crippen molar-refractivity contribution in [2.24, 2.45) is 5.41 Å². The van der Waals surface area contributed by atoms with Gasteiger partial charge in [0.15, 0.2) is 0 Å². The molecular weight excluding hydrogens is 188 g/mol. The molecule has 0 amide bonds. The van der Waals surface area contributed by atoms with Crippen molar-refractivity contribution in [3.63, 3.8) is 0 Å². The smallest absolute Gasteiger partial charge is 0.0802 e. The number of hydrogen-bond donors (Lipinski definition) is 1. The lowest BCUT2D eigenvalue weighted by Gasteiger charge is -2.40. The summed E-state index contributed by atoms with van der Waals surface area (Å²) in [5, 5.41) is 12.2. The van der Waals surface area contributed by atoms with Crippen LogP contribution in [0, 0.1) is 16.7 Å². The molecule has 1 aliphatic carbocycles. The summed E-state index contributed by atoms with van der Waals surface area (Å²) in [5.74, 6) is 0. The molecular formula is C12H22N2O. The maximum Gasteiger partial charge on any atom is 0.0802 e. The molecule has 1 N–H and O–H groups in total. The van der Waals surface area contributed by atoms with Gasteiger partial charge in [0.05, 0.1) is 17.1 Å². The van der Waals surface area contributed by atoms with Crippen molar-refractivity contribution in [2.75, 3.05) is 20.2 Å². The molecule has 0 aliphatic heterocycles. The van der Waals surface area contributed by atoms with Crippen LogP contribution in [0.5, 0.6) is 0 Å². The first-order chi connectivity index (χ1) is 7.04. The molecule has 1 rings (SSSR count). The summed E-state index contributed by atoms with van der Waals surface area (Å²) in [6.07, 6.45) is 4.50. The van der Waals surface area contributed by atoms with Gasteiger partial charge in [0.2, 0.25) is 0 Å². The van der Waals surface area contributed by atoms with Gasteiger partial charge >= 0.3 is 0 Å². The summed E-state index contributed by atoms with van der Waals surface area (Å²) in [5.41, 5.74) is -0.121.